The first-order valence-electron chi connectivity index (χ1n) is 8.48. The summed E-state index contributed by atoms with van der Waals surface area (Å²) in [6.07, 6.45) is 5.57. The normalized spacial score (nSPS) is 14.0. The molecule has 0 atom stereocenters. The summed E-state index contributed by atoms with van der Waals surface area (Å²) in [5.74, 6) is 0.194. The standard InChI is InChI=1S/C19H18ClN5O/c20-14-5-3-4-12(8-14)15-11-23-19(21)24-17(15)13-9-16(22-10-13)18(26)25-6-1-2-7-25/h3-5,8-11,22H,1-2,6-7H2,(H2,21,23,24). The number of likely N-dealkylation sites (tertiary alicyclic amines) is 1. The second-order valence-electron chi connectivity index (χ2n) is 6.30. The highest BCUT2D eigenvalue weighted by molar-refractivity contribution is 6.30. The lowest BCUT2D eigenvalue weighted by Crippen LogP contribution is -2.27. The summed E-state index contributed by atoms with van der Waals surface area (Å²) in [4.78, 5) is 26.0. The first-order chi connectivity index (χ1) is 12.6. The van der Waals surface area contributed by atoms with Crippen molar-refractivity contribution in [3.8, 4) is 22.4 Å². The van der Waals surface area contributed by atoms with Gasteiger partial charge in [-0.1, -0.05) is 23.7 Å². The molecule has 132 valence electrons. The molecule has 1 aliphatic heterocycles. The highest BCUT2D eigenvalue weighted by atomic mass is 35.5. The van der Waals surface area contributed by atoms with E-state index in [2.05, 4.69) is 15.0 Å². The highest BCUT2D eigenvalue weighted by Crippen LogP contribution is 2.32. The lowest BCUT2D eigenvalue weighted by Gasteiger charge is -2.13. The Kier molecular flexibility index (Phi) is 4.34. The second kappa shape index (κ2) is 6.80. The van der Waals surface area contributed by atoms with Gasteiger partial charge in [0.25, 0.3) is 5.91 Å². The van der Waals surface area contributed by atoms with Crippen LogP contribution in [0.1, 0.15) is 23.3 Å². The van der Waals surface area contributed by atoms with Crippen molar-refractivity contribution in [1.82, 2.24) is 19.9 Å². The number of aromatic nitrogens is 3. The van der Waals surface area contributed by atoms with Crippen molar-refractivity contribution in [2.75, 3.05) is 18.8 Å². The predicted molar refractivity (Wildman–Crippen MR) is 102 cm³/mol. The van der Waals surface area contributed by atoms with E-state index >= 15 is 0 Å². The number of hydrogen-bond donors (Lipinski definition) is 2. The molecule has 0 radical (unpaired) electrons. The fourth-order valence-electron chi connectivity index (χ4n) is 3.23. The molecule has 3 aromatic rings. The van der Waals surface area contributed by atoms with Gasteiger partial charge in [0, 0.05) is 41.6 Å². The van der Waals surface area contributed by atoms with Crippen LogP contribution in [-0.4, -0.2) is 38.8 Å². The van der Waals surface area contributed by atoms with E-state index in [1.807, 2.05) is 35.2 Å². The van der Waals surface area contributed by atoms with Crippen LogP contribution in [0.2, 0.25) is 5.02 Å². The molecule has 1 amide bonds. The zero-order valence-corrected chi connectivity index (χ0v) is 14.8. The van der Waals surface area contributed by atoms with Crippen LogP contribution in [-0.2, 0) is 0 Å². The van der Waals surface area contributed by atoms with E-state index in [1.54, 1.807) is 12.4 Å². The fraction of sp³-hybridized carbons (Fsp3) is 0.211. The third kappa shape index (κ3) is 3.15. The SMILES string of the molecule is Nc1ncc(-c2cccc(Cl)c2)c(-c2c[nH]c(C(=O)N3CCCC3)c2)n1. The summed E-state index contributed by atoms with van der Waals surface area (Å²) in [5.41, 5.74) is 9.51. The number of rotatable bonds is 3. The van der Waals surface area contributed by atoms with E-state index in [4.69, 9.17) is 17.3 Å². The summed E-state index contributed by atoms with van der Waals surface area (Å²) in [6, 6.07) is 9.29. The van der Waals surface area contributed by atoms with Gasteiger partial charge in [0.2, 0.25) is 5.95 Å². The lowest BCUT2D eigenvalue weighted by molar-refractivity contribution is 0.0788. The molecule has 0 bridgehead atoms. The minimum atomic E-state index is 0.0140. The Balaban J connectivity index is 1.74. The average Bonchev–Trinajstić information content (AvgIpc) is 3.33. The van der Waals surface area contributed by atoms with Gasteiger partial charge >= 0.3 is 0 Å². The van der Waals surface area contributed by atoms with Crippen LogP contribution >= 0.6 is 11.6 Å². The Morgan fingerprint density at radius 2 is 2.00 bits per heavy atom. The number of nitrogen functional groups attached to an aromatic ring is 1. The number of aromatic amines is 1. The maximum Gasteiger partial charge on any atom is 0.270 e. The van der Waals surface area contributed by atoms with E-state index in [-0.39, 0.29) is 11.9 Å². The minimum Gasteiger partial charge on any atom is -0.368 e. The molecule has 2 aromatic heterocycles. The van der Waals surface area contributed by atoms with Gasteiger partial charge in [-0.25, -0.2) is 9.97 Å². The number of amides is 1. The third-order valence-electron chi connectivity index (χ3n) is 4.52. The molecular weight excluding hydrogens is 350 g/mol. The van der Waals surface area contributed by atoms with Crippen molar-refractivity contribution in [2.24, 2.45) is 0 Å². The van der Waals surface area contributed by atoms with E-state index in [1.165, 1.54) is 0 Å². The van der Waals surface area contributed by atoms with Crippen molar-refractivity contribution in [1.29, 1.82) is 0 Å². The van der Waals surface area contributed by atoms with E-state index < -0.39 is 0 Å². The number of nitrogens with one attached hydrogen (secondary N) is 1. The Morgan fingerprint density at radius 3 is 2.77 bits per heavy atom. The Hall–Kier alpha value is -2.86. The Bertz CT molecular complexity index is 962. The van der Waals surface area contributed by atoms with Gasteiger partial charge < -0.3 is 15.6 Å². The third-order valence-corrected chi connectivity index (χ3v) is 4.76. The molecule has 26 heavy (non-hydrogen) atoms. The molecule has 0 spiro atoms. The van der Waals surface area contributed by atoms with E-state index in [0.29, 0.717) is 16.4 Å². The van der Waals surface area contributed by atoms with Crippen molar-refractivity contribution < 1.29 is 4.79 Å². The number of nitrogens with two attached hydrogens (primary N) is 1. The van der Waals surface area contributed by atoms with Crippen molar-refractivity contribution >= 4 is 23.5 Å². The Labute approximate surface area is 156 Å². The van der Waals surface area contributed by atoms with Crippen LogP contribution in [0.4, 0.5) is 5.95 Å². The lowest BCUT2D eigenvalue weighted by atomic mass is 10.0. The summed E-state index contributed by atoms with van der Waals surface area (Å²) in [6.45, 7) is 1.61. The molecule has 6 nitrogen and oxygen atoms in total. The number of H-pyrrole nitrogens is 1. The average molecular weight is 368 g/mol. The van der Waals surface area contributed by atoms with Gasteiger partial charge in [0.05, 0.1) is 5.69 Å². The Morgan fingerprint density at radius 1 is 1.19 bits per heavy atom. The van der Waals surface area contributed by atoms with Gasteiger partial charge in [-0.3, -0.25) is 4.79 Å². The summed E-state index contributed by atoms with van der Waals surface area (Å²) in [7, 11) is 0. The molecule has 1 fully saturated rings. The number of benzene rings is 1. The molecule has 0 saturated carbocycles. The maximum absolute atomic E-state index is 12.6. The van der Waals surface area contributed by atoms with Crippen LogP contribution in [0.25, 0.3) is 22.4 Å². The molecule has 0 aliphatic carbocycles. The van der Waals surface area contributed by atoms with Crippen LogP contribution in [0.15, 0.2) is 42.7 Å². The van der Waals surface area contributed by atoms with Crippen molar-refractivity contribution in [3.05, 3.63) is 53.4 Å². The summed E-state index contributed by atoms with van der Waals surface area (Å²) < 4.78 is 0. The van der Waals surface area contributed by atoms with Crippen LogP contribution in [0.3, 0.4) is 0 Å². The molecule has 0 unspecified atom stereocenters. The van der Waals surface area contributed by atoms with Gasteiger partial charge in [-0.15, -0.1) is 0 Å². The highest BCUT2D eigenvalue weighted by Gasteiger charge is 2.22. The molecule has 3 N–H and O–H groups in total. The zero-order valence-electron chi connectivity index (χ0n) is 14.1. The number of carbonyl (C=O) groups is 1. The molecule has 4 rings (SSSR count). The fourth-order valence-corrected chi connectivity index (χ4v) is 3.42. The van der Waals surface area contributed by atoms with Gasteiger partial charge in [0.15, 0.2) is 0 Å². The minimum absolute atomic E-state index is 0.0140. The maximum atomic E-state index is 12.6. The van der Waals surface area contributed by atoms with E-state index in [0.717, 1.165) is 42.6 Å². The topological polar surface area (TPSA) is 87.9 Å². The quantitative estimate of drug-likeness (QED) is 0.740. The predicted octanol–water partition coefficient (Wildman–Crippen LogP) is 3.61. The van der Waals surface area contributed by atoms with Crippen LogP contribution in [0.5, 0.6) is 0 Å². The largest absolute Gasteiger partial charge is 0.368 e. The second-order valence-corrected chi connectivity index (χ2v) is 6.74. The van der Waals surface area contributed by atoms with Crippen LogP contribution < -0.4 is 5.73 Å². The number of halogens is 1. The zero-order chi connectivity index (χ0) is 18.1. The smallest absolute Gasteiger partial charge is 0.270 e. The van der Waals surface area contributed by atoms with Crippen LogP contribution in [0, 0.1) is 0 Å². The monoisotopic (exact) mass is 367 g/mol. The molecule has 1 aromatic carbocycles. The molecule has 1 aliphatic rings. The number of carbonyl (C=O) groups excluding carboxylic acids is 1. The molecule has 7 heteroatoms. The number of anilines is 1. The van der Waals surface area contributed by atoms with Crippen molar-refractivity contribution in [2.45, 2.75) is 12.8 Å². The molecule has 3 heterocycles. The summed E-state index contributed by atoms with van der Waals surface area (Å²) in [5, 5.41) is 0.629. The number of hydrogen-bond acceptors (Lipinski definition) is 4. The molecular formula is C19H18ClN5O. The van der Waals surface area contributed by atoms with Crippen molar-refractivity contribution in [3.63, 3.8) is 0 Å². The van der Waals surface area contributed by atoms with Gasteiger partial charge in [-0.05, 0) is 36.6 Å². The first kappa shape index (κ1) is 16.6. The van der Waals surface area contributed by atoms with Gasteiger partial charge in [-0.2, -0.15) is 0 Å². The van der Waals surface area contributed by atoms with E-state index in [9.17, 15) is 4.79 Å². The summed E-state index contributed by atoms with van der Waals surface area (Å²) >= 11 is 6.12. The van der Waals surface area contributed by atoms with Gasteiger partial charge in [0.1, 0.15) is 5.69 Å². The number of nitrogens with zero attached hydrogens (tertiary/aromatic N) is 3. The first-order valence-corrected chi connectivity index (χ1v) is 8.86. The molecule has 1 saturated heterocycles.